The van der Waals surface area contributed by atoms with Crippen LogP contribution >= 0.6 is 0 Å². The van der Waals surface area contributed by atoms with Crippen LogP contribution in [0.4, 0.5) is 24.9 Å². The van der Waals surface area contributed by atoms with Gasteiger partial charge in [0.25, 0.3) is 0 Å². The van der Waals surface area contributed by atoms with Crippen LogP contribution in [0.2, 0.25) is 0 Å². The predicted molar refractivity (Wildman–Crippen MR) is 136 cm³/mol. The predicted octanol–water partition coefficient (Wildman–Crippen LogP) is 4.44. The zero-order chi connectivity index (χ0) is 26.9. The van der Waals surface area contributed by atoms with Crippen molar-refractivity contribution < 1.29 is 27.8 Å². The van der Waals surface area contributed by atoms with Crippen LogP contribution < -0.4 is 20.7 Å². The quantitative estimate of drug-likeness (QED) is 0.431. The first kappa shape index (κ1) is 25.8. The number of anilines is 2. The van der Waals surface area contributed by atoms with Crippen molar-refractivity contribution in [3.05, 3.63) is 66.2 Å². The Kier molecular flexibility index (Phi) is 6.87. The summed E-state index contributed by atoms with van der Waals surface area (Å²) in [4.78, 5) is 21.4. The topological polar surface area (TPSA) is 114 Å². The molecule has 0 amide bonds. The van der Waals surface area contributed by atoms with Crippen molar-refractivity contribution in [2.24, 2.45) is 5.41 Å². The fourth-order valence-corrected chi connectivity index (χ4v) is 5.26. The second-order valence-electron chi connectivity index (χ2n) is 9.91. The molecule has 2 aliphatic heterocycles. The number of hydrogen-bond donors (Lipinski definition) is 3. The Bertz CT molecular complexity index is 1280. The standard InChI is InChI=1S/C27H28F3N5O3/c28-27(29,30)23(19-8-6-18(7-9-19)17-4-2-1-3-5-17)38-22-14-21(33-25(31)34-22)35-12-10-26(11-13-35)15-20(24(36)37)32-16-26/h1-9,14,20,23,32H,10-13,15-16H2,(H,36,37)(H2,31,33,34)/t20-,23+/m0/s1. The smallest absolute Gasteiger partial charge is 0.429 e. The fourth-order valence-electron chi connectivity index (χ4n) is 5.26. The Balaban J connectivity index is 1.32. The Morgan fingerprint density at radius 2 is 1.74 bits per heavy atom. The SMILES string of the molecule is Nc1nc(O[C@H](c2ccc(-c3ccccc3)cc2)C(F)(F)F)cc(N2CCC3(CC2)CN[C@H](C(=O)O)C3)n1. The highest BCUT2D eigenvalue weighted by Gasteiger charge is 2.45. The lowest BCUT2D eigenvalue weighted by Crippen LogP contribution is -2.41. The van der Waals surface area contributed by atoms with E-state index in [1.807, 2.05) is 35.2 Å². The zero-order valence-corrected chi connectivity index (χ0v) is 20.5. The number of benzene rings is 2. The van der Waals surface area contributed by atoms with Gasteiger partial charge in [-0.3, -0.25) is 4.79 Å². The Morgan fingerprint density at radius 3 is 2.34 bits per heavy atom. The first-order chi connectivity index (χ1) is 18.1. The number of rotatable bonds is 6. The van der Waals surface area contributed by atoms with E-state index in [9.17, 15) is 23.1 Å². The van der Waals surface area contributed by atoms with Gasteiger partial charge in [0, 0.05) is 31.3 Å². The normalized spacial score (nSPS) is 19.9. The molecule has 2 saturated heterocycles. The van der Waals surface area contributed by atoms with Gasteiger partial charge in [0.2, 0.25) is 17.9 Å². The molecule has 3 heterocycles. The molecule has 0 unspecified atom stereocenters. The number of nitrogens with two attached hydrogens (primary N) is 1. The number of piperidine rings is 1. The van der Waals surface area contributed by atoms with Crippen LogP contribution in [0, 0.1) is 5.41 Å². The van der Waals surface area contributed by atoms with E-state index in [0.717, 1.165) is 24.0 Å². The van der Waals surface area contributed by atoms with Gasteiger partial charge in [0.05, 0.1) is 0 Å². The van der Waals surface area contributed by atoms with Crippen molar-refractivity contribution in [1.82, 2.24) is 15.3 Å². The minimum atomic E-state index is -4.69. The van der Waals surface area contributed by atoms with Crippen LogP contribution in [0.5, 0.6) is 5.88 Å². The van der Waals surface area contributed by atoms with Gasteiger partial charge in [0.15, 0.2) is 0 Å². The van der Waals surface area contributed by atoms with Crippen molar-refractivity contribution in [2.45, 2.75) is 37.6 Å². The lowest BCUT2D eigenvalue weighted by molar-refractivity contribution is -0.198. The molecule has 2 aromatic carbocycles. The third-order valence-electron chi connectivity index (χ3n) is 7.37. The average molecular weight is 528 g/mol. The number of carbonyl (C=O) groups is 1. The van der Waals surface area contributed by atoms with Crippen molar-refractivity contribution in [3.8, 4) is 17.0 Å². The van der Waals surface area contributed by atoms with E-state index < -0.39 is 24.3 Å². The second-order valence-corrected chi connectivity index (χ2v) is 9.91. The van der Waals surface area contributed by atoms with Gasteiger partial charge in [-0.1, -0.05) is 54.6 Å². The number of nitrogen functional groups attached to an aromatic ring is 1. The number of carboxylic acid groups (broad SMARTS) is 1. The minimum Gasteiger partial charge on any atom is -0.480 e. The van der Waals surface area contributed by atoms with Crippen LogP contribution in [0.25, 0.3) is 11.1 Å². The molecule has 38 heavy (non-hydrogen) atoms. The lowest BCUT2D eigenvalue weighted by atomic mass is 9.76. The summed E-state index contributed by atoms with van der Waals surface area (Å²) in [6.45, 7) is 1.75. The molecule has 3 aromatic rings. The molecule has 5 rings (SSSR count). The number of alkyl halides is 3. The molecule has 8 nitrogen and oxygen atoms in total. The number of aromatic nitrogens is 2. The molecule has 1 aromatic heterocycles. The van der Waals surface area contributed by atoms with Gasteiger partial charge >= 0.3 is 12.1 Å². The van der Waals surface area contributed by atoms with Crippen molar-refractivity contribution in [2.75, 3.05) is 30.3 Å². The van der Waals surface area contributed by atoms with E-state index >= 15 is 0 Å². The summed E-state index contributed by atoms with van der Waals surface area (Å²) in [7, 11) is 0. The van der Waals surface area contributed by atoms with Crippen LogP contribution in [-0.4, -0.2) is 52.9 Å². The number of aliphatic carboxylic acids is 1. The summed E-state index contributed by atoms with van der Waals surface area (Å²) in [5.41, 5.74) is 7.36. The summed E-state index contributed by atoms with van der Waals surface area (Å²) < 4.78 is 47.6. The molecule has 2 aliphatic rings. The largest absolute Gasteiger partial charge is 0.480 e. The van der Waals surface area contributed by atoms with E-state index in [-0.39, 0.29) is 22.8 Å². The minimum absolute atomic E-state index is 0.0578. The molecule has 0 saturated carbocycles. The Labute approximate surface area is 217 Å². The monoisotopic (exact) mass is 527 g/mol. The van der Waals surface area contributed by atoms with E-state index in [4.69, 9.17) is 10.5 Å². The first-order valence-corrected chi connectivity index (χ1v) is 12.4. The summed E-state index contributed by atoms with van der Waals surface area (Å²) in [5.74, 6) is -0.936. The van der Waals surface area contributed by atoms with Gasteiger partial charge in [0.1, 0.15) is 11.9 Å². The van der Waals surface area contributed by atoms with E-state index in [1.165, 1.54) is 18.2 Å². The van der Waals surface area contributed by atoms with Crippen LogP contribution in [0.1, 0.15) is 30.9 Å². The van der Waals surface area contributed by atoms with E-state index in [0.29, 0.717) is 31.9 Å². The van der Waals surface area contributed by atoms with Crippen LogP contribution in [0.15, 0.2) is 60.7 Å². The fraction of sp³-hybridized carbons (Fsp3) is 0.370. The highest BCUT2D eigenvalue weighted by molar-refractivity contribution is 5.74. The van der Waals surface area contributed by atoms with E-state index in [2.05, 4.69) is 15.3 Å². The molecule has 1 spiro atoms. The molecule has 2 atom stereocenters. The molecule has 0 bridgehead atoms. The van der Waals surface area contributed by atoms with E-state index in [1.54, 1.807) is 12.1 Å². The number of nitrogens with one attached hydrogen (secondary N) is 1. The summed E-state index contributed by atoms with van der Waals surface area (Å²) in [6.07, 6.45) is -4.93. The molecule has 0 aliphatic carbocycles. The maximum absolute atomic E-state index is 14.1. The summed E-state index contributed by atoms with van der Waals surface area (Å²) in [5, 5.41) is 12.4. The Morgan fingerprint density at radius 1 is 1.08 bits per heavy atom. The van der Waals surface area contributed by atoms with Gasteiger partial charge < -0.3 is 25.8 Å². The maximum atomic E-state index is 14.1. The van der Waals surface area contributed by atoms with Crippen LogP contribution in [0.3, 0.4) is 0 Å². The number of halogens is 3. The zero-order valence-electron chi connectivity index (χ0n) is 20.5. The second kappa shape index (κ2) is 10.1. The van der Waals surface area contributed by atoms with Crippen LogP contribution in [-0.2, 0) is 4.79 Å². The summed E-state index contributed by atoms with van der Waals surface area (Å²) in [6, 6.07) is 16.2. The van der Waals surface area contributed by atoms with Gasteiger partial charge in [-0.05, 0) is 35.8 Å². The third-order valence-corrected chi connectivity index (χ3v) is 7.37. The lowest BCUT2D eigenvalue weighted by Gasteiger charge is -2.39. The number of hydrogen-bond acceptors (Lipinski definition) is 7. The molecule has 0 radical (unpaired) electrons. The third kappa shape index (κ3) is 5.52. The van der Waals surface area contributed by atoms with Crippen molar-refractivity contribution in [3.63, 3.8) is 0 Å². The molecule has 2 fully saturated rings. The van der Waals surface area contributed by atoms with Gasteiger partial charge in [-0.2, -0.15) is 23.1 Å². The molecule has 200 valence electrons. The molecular weight excluding hydrogens is 499 g/mol. The average Bonchev–Trinajstić information content (AvgIpc) is 3.31. The number of nitrogens with zero attached hydrogens (tertiary/aromatic N) is 3. The van der Waals surface area contributed by atoms with Crippen molar-refractivity contribution >= 4 is 17.7 Å². The first-order valence-electron chi connectivity index (χ1n) is 12.4. The van der Waals surface area contributed by atoms with Crippen molar-refractivity contribution in [1.29, 1.82) is 0 Å². The maximum Gasteiger partial charge on any atom is 0.429 e. The van der Waals surface area contributed by atoms with Gasteiger partial charge in [-0.25, -0.2) is 0 Å². The Hall–Kier alpha value is -3.86. The molecule has 11 heteroatoms. The van der Waals surface area contributed by atoms with Gasteiger partial charge in [-0.15, -0.1) is 0 Å². The highest BCUT2D eigenvalue weighted by Crippen LogP contribution is 2.41. The summed E-state index contributed by atoms with van der Waals surface area (Å²) >= 11 is 0. The number of ether oxygens (including phenoxy) is 1. The molecule has 4 N–H and O–H groups in total. The molecular formula is C27H28F3N5O3. The highest BCUT2D eigenvalue weighted by atomic mass is 19.4. The number of carboxylic acids is 1.